The van der Waals surface area contributed by atoms with Gasteiger partial charge in [-0.1, -0.05) is 6.42 Å². The van der Waals surface area contributed by atoms with E-state index in [2.05, 4.69) is 4.98 Å². The molecule has 0 unspecified atom stereocenters. The molecule has 18 heavy (non-hydrogen) atoms. The highest BCUT2D eigenvalue weighted by molar-refractivity contribution is 6.03. The summed E-state index contributed by atoms with van der Waals surface area (Å²) in [7, 11) is 1.93. The zero-order valence-corrected chi connectivity index (χ0v) is 10.4. The third-order valence-electron chi connectivity index (χ3n) is 4.08. The van der Waals surface area contributed by atoms with Gasteiger partial charge in [0.1, 0.15) is 0 Å². The molecule has 4 nitrogen and oxygen atoms in total. The first-order valence-electron chi connectivity index (χ1n) is 6.23. The van der Waals surface area contributed by atoms with Crippen LogP contribution in [0.2, 0.25) is 0 Å². The fourth-order valence-electron chi connectivity index (χ4n) is 2.64. The summed E-state index contributed by atoms with van der Waals surface area (Å²) in [5, 5.41) is 9.45. The number of carbonyl (C=O) groups is 1. The monoisotopic (exact) mass is 244 g/mol. The summed E-state index contributed by atoms with van der Waals surface area (Å²) < 4.78 is 1.93. The molecule has 0 bridgehead atoms. The van der Waals surface area contributed by atoms with E-state index in [1.165, 1.54) is 0 Å². The molecule has 1 fully saturated rings. The van der Waals surface area contributed by atoms with Gasteiger partial charge in [0.25, 0.3) is 0 Å². The number of nitrogens with zero attached hydrogens (tertiary/aromatic N) is 2. The number of carbonyl (C=O) groups excluding carboxylic acids is 1. The van der Waals surface area contributed by atoms with Crippen LogP contribution in [-0.4, -0.2) is 27.0 Å². The van der Waals surface area contributed by atoms with Gasteiger partial charge in [0, 0.05) is 12.6 Å². The van der Waals surface area contributed by atoms with Gasteiger partial charge in [0.15, 0.2) is 5.78 Å². The van der Waals surface area contributed by atoms with Crippen LogP contribution in [0.3, 0.4) is 0 Å². The van der Waals surface area contributed by atoms with E-state index in [1.54, 1.807) is 6.33 Å². The van der Waals surface area contributed by atoms with Crippen LogP contribution in [0.25, 0.3) is 11.0 Å². The van der Waals surface area contributed by atoms with E-state index in [9.17, 15) is 9.90 Å². The van der Waals surface area contributed by atoms with E-state index in [4.69, 9.17) is 0 Å². The number of benzene rings is 1. The summed E-state index contributed by atoms with van der Waals surface area (Å²) in [6.07, 6.45) is 4.35. The van der Waals surface area contributed by atoms with Crippen molar-refractivity contribution >= 4 is 16.8 Å². The molecule has 0 atom stereocenters. The summed E-state index contributed by atoms with van der Waals surface area (Å²) in [6.45, 7) is -0.0495. The standard InChI is InChI=1S/C14H16N2O2/c1-16-9-15-11-7-10(3-4-12(11)16)13(18)14(8-17)5-2-6-14/h3-4,7,9,17H,2,5-6,8H2,1H3. The maximum atomic E-state index is 12.4. The molecule has 0 radical (unpaired) electrons. The summed E-state index contributed by atoms with van der Waals surface area (Å²) in [5.41, 5.74) is 1.98. The van der Waals surface area contributed by atoms with Gasteiger partial charge >= 0.3 is 0 Å². The van der Waals surface area contributed by atoms with E-state index < -0.39 is 5.41 Å². The summed E-state index contributed by atoms with van der Waals surface area (Å²) in [5.74, 6) is 0.0591. The van der Waals surface area contributed by atoms with Gasteiger partial charge in [-0.2, -0.15) is 0 Å². The van der Waals surface area contributed by atoms with Gasteiger partial charge < -0.3 is 9.67 Å². The van der Waals surface area contributed by atoms with E-state index in [0.29, 0.717) is 5.56 Å². The summed E-state index contributed by atoms with van der Waals surface area (Å²) >= 11 is 0. The summed E-state index contributed by atoms with van der Waals surface area (Å²) in [4.78, 5) is 16.7. The second kappa shape index (κ2) is 3.92. The van der Waals surface area contributed by atoms with Crippen LogP contribution < -0.4 is 0 Å². The molecule has 1 N–H and O–H groups in total. The Balaban J connectivity index is 2.01. The Morgan fingerprint density at radius 1 is 1.50 bits per heavy atom. The summed E-state index contributed by atoms with van der Waals surface area (Å²) in [6, 6.07) is 5.58. The van der Waals surface area contributed by atoms with E-state index in [-0.39, 0.29) is 12.4 Å². The van der Waals surface area contributed by atoms with Crippen molar-refractivity contribution in [2.45, 2.75) is 19.3 Å². The highest BCUT2D eigenvalue weighted by Gasteiger charge is 2.43. The van der Waals surface area contributed by atoms with Crippen molar-refractivity contribution in [3.05, 3.63) is 30.1 Å². The molecule has 0 spiro atoms. The zero-order valence-electron chi connectivity index (χ0n) is 10.4. The van der Waals surface area contributed by atoms with Crippen LogP contribution in [0.15, 0.2) is 24.5 Å². The normalized spacial score (nSPS) is 17.7. The second-order valence-electron chi connectivity index (χ2n) is 5.18. The molecule has 2 aromatic rings. The Hall–Kier alpha value is -1.68. The number of hydrogen-bond acceptors (Lipinski definition) is 3. The van der Waals surface area contributed by atoms with Gasteiger partial charge in [-0.25, -0.2) is 4.98 Å². The third kappa shape index (κ3) is 1.49. The molecular formula is C14H16N2O2. The predicted molar refractivity (Wildman–Crippen MR) is 68.4 cm³/mol. The van der Waals surface area contributed by atoms with Crippen molar-refractivity contribution in [2.75, 3.05) is 6.61 Å². The topological polar surface area (TPSA) is 55.1 Å². The first-order chi connectivity index (χ1) is 8.66. The lowest BCUT2D eigenvalue weighted by Crippen LogP contribution is -2.41. The fraction of sp³-hybridized carbons (Fsp3) is 0.429. The average molecular weight is 244 g/mol. The fourth-order valence-corrected chi connectivity index (χ4v) is 2.64. The van der Waals surface area contributed by atoms with Crippen molar-refractivity contribution in [3.8, 4) is 0 Å². The van der Waals surface area contributed by atoms with Crippen LogP contribution in [0, 0.1) is 5.41 Å². The van der Waals surface area contributed by atoms with Gasteiger partial charge in [-0.15, -0.1) is 0 Å². The molecule has 0 aliphatic heterocycles. The van der Waals surface area contributed by atoms with Crippen molar-refractivity contribution in [1.29, 1.82) is 0 Å². The van der Waals surface area contributed by atoms with Crippen molar-refractivity contribution < 1.29 is 9.90 Å². The molecule has 1 aromatic heterocycles. The molecule has 1 aliphatic rings. The number of Topliss-reactive ketones (excluding diaryl/α,β-unsaturated/α-hetero) is 1. The van der Waals surface area contributed by atoms with Gasteiger partial charge in [-0.05, 0) is 31.0 Å². The lowest BCUT2D eigenvalue weighted by Gasteiger charge is -2.38. The van der Waals surface area contributed by atoms with Crippen molar-refractivity contribution in [2.24, 2.45) is 12.5 Å². The predicted octanol–water partition coefficient (Wildman–Crippen LogP) is 1.92. The maximum absolute atomic E-state index is 12.4. The lowest BCUT2D eigenvalue weighted by molar-refractivity contribution is 0.0348. The largest absolute Gasteiger partial charge is 0.395 e. The number of hydrogen-bond donors (Lipinski definition) is 1. The Kier molecular flexibility index (Phi) is 2.48. The van der Waals surface area contributed by atoms with Crippen LogP contribution in [-0.2, 0) is 7.05 Å². The smallest absolute Gasteiger partial charge is 0.171 e. The molecule has 1 heterocycles. The maximum Gasteiger partial charge on any atom is 0.171 e. The quantitative estimate of drug-likeness (QED) is 0.839. The van der Waals surface area contributed by atoms with Gasteiger partial charge in [0.2, 0.25) is 0 Å². The molecule has 4 heteroatoms. The van der Waals surface area contributed by atoms with Crippen LogP contribution in [0.5, 0.6) is 0 Å². The van der Waals surface area contributed by atoms with Crippen molar-refractivity contribution in [1.82, 2.24) is 9.55 Å². The number of aliphatic hydroxyl groups excluding tert-OH is 1. The highest BCUT2D eigenvalue weighted by Crippen LogP contribution is 2.43. The number of rotatable bonds is 3. The molecule has 94 valence electrons. The molecule has 3 rings (SSSR count). The minimum absolute atomic E-state index is 0.0495. The molecule has 1 aliphatic carbocycles. The van der Waals surface area contributed by atoms with E-state index >= 15 is 0 Å². The molecule has 0 amide bonds. The Labute approximate surface area is 105 Å². The van der Waals surface area contributed by atoms with Gasteiger partial charge in [0.05, 0.1) is 29.4 Å². The number of imidazole rings is 1. The third-order valence-corrected chi connectivity index (χ3v) is 4.08. The number of ketones is 1. The first-order valence-corrected chi connectivity index (χ1v) is 6.23. The average Bonchev–Trinajstić information content (AvgIpc) is 2.70. The molecule has 1 aromatic carbocycles. The van der Waals surface area contributed by atoms with E-state index in [0.717, 1.165) is 30.3 Å². The number of aliphatic hydroxyl groups is 1. The second-order valence-corrected chi connectivity index (χ2v) is 5.18. The minimum atomic E-state index is -0.525. The molecule has 1 saturated carbocycles. The first kappa shape index (κ1) is 11.4. The highest BCUT2D eigenvalue weighted by atomic mass is 16.3. The zero-order chi connectivity index (χ0) is 12.8. The SMILES string of the molecule is Cn1cnc2cc(C(=O)C3(CO)CCC3)ccc21. The Morgan fingerprint density at radius 3 is 2.89 bits per heavy atom. The van der Waals surface area contributed by atoms with Crippen LogP contribution in [0.4, 0.5) is 0 Å². The Morgan fingerprint density at radius 2 is 2.28 bits per heavy atom. The van der Waals surface area contributed by atoms with Crippen molar-refractivity contribution in [3.63, 3.8) is 0 Å². The number of aromatic nitrogens is 2. The lowest BCUT2D eigenvalue weighted by atomic mass is 9.65. The van der Waals surface area contributed by atoms with Crippen LogP contribution >= 0.6 is 0 Å². The minimum Gasteiger partial charge on any atom is -0.395 e. The molecular weight excluding hydrogens is 228 g/mol. The van der Waals surface area contributed by atoms with Gasteiger partial charge in [-0.3, -0.25) is 4.79 Å². The Bertz CT molecular complexity index is 606. The van der Waals surface area contributed by atoms with E-state index in [1.807, 2.05) is 29.8 Å². The van der Waals surface area contributed by atoms with Crippen LogP contribution in [0.1, 0.15) is 29.6 Å². The molecule has 0 saturated heterocycles. The number of aryl methyl sites for hydroxylation is 1. The number of fused-ring (bicyclic) bond motifs is 1.